The molecule has 0 saturated carbocycles. The highest BCUT2D eigenvalue weighted by atomic mass is 32.1. The predicted octanol–water partition coefficient (Wildman–Crippen LogP) is -0.445. The quantitative estimate of drug-likeness (QED) is 0.689. The van der Waals surface area contributed by atoms with Gasteiger partial charge in [0.2, 0.25) is 5.91 Å². The molecule has 1 heterocycles. The number of amides is 1. The van der Waals surface area contributed by atoms with E-state index in [2.05, 4.69) is 0 Å². The van der Waals surface area contributed by atoms with Gasteiger partial charge in [-0.3, -0.25) is 14.2 Å². The summed E-state index contributed by atoms with van der Waals surface area (Å²) >= 11 is 4.75. The van der Waals surface area contributed by atoms with Gasteiger partial charge in [-0.15, -0.1) is 0 Å². The molecule has 1 rings (SSSR count). The number of nitrogens with zero attached hydrogens (tertiary/aromatic N) is 3. The molecular formula is C13H20N4O3S. The van der Waals surface area contributed by atoms with Gasteiger partial charge >= 0.3 is 5.69 Å². The number of hydrogen-bond donors (Lipinski definition) is 1. The van der Waals surface area contributed by atoms with Crippen LogP contribution in [0.1, 0.15) is 19.8 Å². The zero-order valence-electron chi connectivity index (χ0n) is 12.2. The molecule has 1 amide bonds. The lowest BCUT2D eigenvalue weighted by Crippen LogP contribution is -2.40. The lowest BCUT2D eigenvalue weighted by molar-refractivity contribution is -0.130. The molecule has 0 radical (unpaired) electrons. The molecule has 7 nitrogen and oxygen atoms in total. The van der Waals surface area contributed by atoms with E-state index in [1.807, 2.05) is 6.92 Å². The van der Waals surface area contributed by atoms with Crippen molar-refractivity contribution in [1.82, 2.24) is 14.0 Å². The molecule has 0 bridgehead atoms. The Labute approximate surface area is 128 Å². The van der Waals surface area contributed by atoms with E-state index in [0.29, 0.717) is 24.5 Å². The van der Waals surface area contributed by atoms with E-state index in [1.165, 1.54) is 21.7 Å². The molecule has 0 spiro atoms. The maximum absolute atomic E-state index is 12.0. The summed E-state index contributed by atoms with van der Waals surface area (Å²) in [5.74, 6) is -0.163. The molecule has 21 heavy (non-hydrogen) atoms. The van der Waals surface area contributed by atoms with Gasteiger partial charge in [0.15, 0.2) is 0 Å². The fourth-order valence-corrected chi connectivity index (χ4v) is 1.90. The summed E-state index contributed by atoms with van der Waals surface area (Å²) in [6.07, 6.45) is 1.99. The average Bonchev–Trinajstić information content (AvgIpc) is 2.44. The van der Waals surface area contributed by atoms with Crippen LogP contribution in [0.4, 0.5) is 0 Å². The van der Waals surface area contributed by atoms with E-state index in [4.69, 9.17) is 18.0 Å². The van der Waals surface area contributed by atoms with Crippen LogP contribution in [0, 0.1) is 0 Å². The number of hydrogen-bond acceptors (Lipinski definition) is 4. The Kier molecular flexibility index (Phi) is 6.29. The second-order valence-corrected chi connectivity index (χ2v) is 5.18. The fraction of sp³-hybridized carbons (Fsp3) is 0.538. The summed E-state index contributed by atoms with van der Waals surface area (Å²) in [7, 11) is 1.64. The van der Waals surface area contributed by atoms with Gasteiger partial charge in [0.05, 0.1) is 4.99 Å². The highest BCUT2D eigenvalue weighted by molar-refractivity contribution is 7.80. The Bertz CT molecular complexity index is 635. The third kappa shape index (κ3) is 4.82. The number of aryl methyl sites for hydroxylation is 1. The number of nitrogens with two attached hydrogens (primary N) is 1. The number of aromatic nitrogens is 2. The number of rotatable bonds is 7. The summed E-state index contributed by atoms with van der Waals surface area (Å²) in [6, 6.07) is 1.33. The normalized spacial score (nSPS) is 10.4. The summed E-state index contributed by atoms with van der Waals surface area (Å²) in [5, 5.41) is 0. The van der Waals surface area contributed by atoms with Crippen molar-refractivity contribution in [3.63, 3.8) is 0 Å². The topological polar surface area (TPSA) is 90.3 Å². The molecule has 116 valence electrons. The SMILES string of the molecule is CCn1ccc(=O)n(CCC(=O)N(C)CCC(N)=S)c1=O. The Balaban J connectivity index is 2.71. The summed E-state index contributed by atoms with van der Waals surface area (Å²) in [5.41, 5.74) is 4.58. The van der Waals surface area contributed by atoms with Crippen molar-refractivity contribution in [2.45, 2.75) is 32.9 Å². The van der Waals surface area contributed by atoms with Crippen LogP contribution in [0.3, 0.4) is 0 Å². The third-order valence-corrected chi connectivity index (χ3v) is 3.35. The summed E-state index contributed by atoms with van der Waals surface area (Å²) in [4.78, 5) is 37.4. The predicted molar refractivity (Wildman–Crippen MR) is 84.3 cm³/mol. The first-order valence-corrected chi connectivity index (χ1v) is 7.10. The molecule has 0 fully saturated rings. The minimum atomic E-state index is -0.400. The number of carbonyl (C=O) groups excluding carboxylic acids is 1. The molecule has 1 aromatic heterocycles. The van der Waals surface area contributed by atoms with Crippen LogP contribution in [-0.2, 0) is 17.9 Å². The summed E-state index contributed by atoms with van der Waals surface area (Å²) in [6.45, 7) is 2.78. The maximum Gasteiger partial charge on any atom is 0.330 e. The van der Waals surface area contributed by atoms with E-state index in [1.54, 1.807) is 7.05 Å². The Morgan fingerprint density at radius 3 is 2.62 bits per heavy atom. The minimum absolute atomic E-state index is 0.0642. The molecule has 0 aliphatic carbocycles. The lowest BCUT2D eigenvalue weighted by Gasteiger charge is -2.17. The highest BCUT2D eigenvalue weighted by Gasteiger charge is 2.11. The molecule has 1 aromatic rings. The zero-order chi connectivity index (χ0) is 16.0. The Morgan fingerprint density at radius 2 is 2.05 bits per heavy atom. The van der Waals surface area contributed by atoms with Crippen LogP contribution < -0.4 is 17.0 Å². The average molecular weight is 312 g/mol. The van der Waals surface area contributed by atoms with Crippen LogP contribution in [0.25, 0.3) is 0 Å². The number of thiocarbonyl (C=S) groups is 1. The Morgan fingerprint density at radius 1 is 1.38 bits per heavy atom. The molecular weight excluding hydrogens is 292 g/mol. The monoisotopic (exact) mass is 312 g/mol. The van der Waals surface area contributed by atoms with Gasteiger partial charge in [0, 0.05) is 51.8 Å². The van der Waals surface area contributed by atoms with Crippen molar-refractivity contribution in [2.75, 3.05) is 13.6 Å². The van der Waals surface area contributed by atoms with Gasteiger partial charge in [0.25, 0.3) is 5.56 Å². The highest BCUT2D eigenvalue weighted by Crippen LogP contribution is 1.95. The zero-order valence-corrected chi connectivity index (χ0v) is 13.1. The first-order valence-electron chi connectivity index (χ1n) is 6.69. The molecule has 0 saturated heterocycles. The fourth-order valence-electron chi connectivity index (χ4n) is 1.80. The van der Waals surface area contributed by atoms with Crippen LogP contribution in [0.15, 0.2) is 21.9 Å². The number of carbonyl (C=O) groups is 1. The van der Waals surface area contributed by atoms with E-state index in [9.17, 15) is 14.4 Å². The van der Waals surface area contributed by atoms with Gasteiger partial charge in [-0.2, -0.15) is 0 Å². The Hall–Kier alpha value is -1.96. The van der Waals surface area contributed by atoms with E-state index >= 15 is 0 Å². The van der Waals surface area contributed by atoms with Crippen LogP contribution in [0.2, 0.25) is 0 Å². The van der Waals surface area contributed by atoms with Crippen molar-refractivity contribution in [3.8, 4) is 0 Å². The molecule has 0 atom stereocenters. The second-order valence-electron chi connectivity index (χ2n) is 4.66. The molecule has 0 aromatic carbocycles. The molecule has 8 heteroatoms. The van der Waals surface area contributed by atoms with Gasteiger partial charge in [0.1, 0.15) is 0 Å². The molecule has 2 N–H and O–H groups in total. The van der Waals surface area contributed by atoms with Gasteiger partial charge in [-0.25, -0.2) is 4.79 Å². The van der Waals surface area contributed by atoms with E-state index in [-0.39, 0.29) is 18.9 Å². The van der Waals surface area contributed by atoms with Gasteiger partial charge in [-0.1, -0.05) is 12.2 Å². The van der Waals surface area contributed by atoms with E-state index < -0.39 is 11.2 Å². The third-order valence-electron chi connectivity index (χ3n) is 3.15. The molecule has 0 aliphatic rings. The smallest absolute Gasteiger partial charge is 0.330 e. The lowest BCUT2D eigenvalue weighted by atomic mass is 10.3. The molecule has 0 unspecified atom stereocenters. The van der Waals surface area contributed by atoms with Crippen LogP contribution in [0.5, 0.6) is 0 Å². The van der Waals surface area contributed by atoms with Crippen LogP contribution in [-0.4, -0.2) is 38.5 Å². The maximum atomic E-state index is 12.0. The van der Waals surface area contributed by atoms with Crippen molar-refractivity contribution in [2.24, 2.45) is 5.73 Å². The van der Waals surface area contributed by atoms with Crippen molar-refractivity contribution >= 4 is 23.1 Å². The van der Waals surface area contributed by atoms with Crippen molar-refractivity contribution in [3.05, 3.63) is 33.1 Å². The second kappa shape index (κ2) is 7.72. The van der Waals surface area contributed by atoms with Crippen molar-refractivity contribution < 1.29 is 4.79 Å². The standard InChI is InChI=1S/C13H20N4O3S/c1-3-16-8-5-12(19)17(13(16)20)9-6-11(18)15(2)7-4-10(14)21/h5,8H,3-4,6-7,9H2,1-2H3,(H2,14,21). The van der Waals surface area contributed by atoms with Gasteiger partial charge < -0.3 is 15.2 Å². The largest absolute Gasteiger partial charge is 0.393 e. The van der Waals surface area contributed by atoms with Gasteiger partial charge in [-0.05, 0) is 6.92 Å². The van der Waals surface area contributed by atoms with Crippen LogP contribution >= 0.6 is 12.2 Å². The first kappa shape index (κ1) is 17.1. The minimum Gasteiger partial charge on any atom is -0.393 e. The molecule has 0 aliphatic heterocycles. The van der Waals surface area contributed by atoms with Crippen molar-refractivity contribution in [1.29, 1.82) is 0 Å². The summed E-state index contributed by atoms with van der Waals surface area (Å²) < 4.78 is 2.49. The van der Waals surface area contributed by atoms with E-state index in [0.717, 1.165) is 4.57 Å². The first-order chi connectivity index (χ1) is 9.86.